The van der Waals surface area contributed by atoms with Gasteiger partial charge in [-0.05, 0) is 29.7 Å². The van der Waals surface area contributed by atoms with Gasteiger partial charge in [-0.25, -0.2) is 4.98 Å². The predicted molar refractivity (Wildman–Crippen MR) is 65.1 cm³/mol. The number of ether oxygens (including phenoxy) is 2. The van der Waals surface area contributed by atoms with Crippen LogP contribution in [0.3, 0.4) is 0 Å². The Kier molecular flexibility index (Phi) is 2.61. The SMILES string of the molecule is Nc1ccc(C2=CCC3(CC2)OCCO3)cn1. The second-order valence-corrected chi connectivity index (χ2v) is 4.51. The molecule has 0 amide bonds. The summed E-state index contributed by atoms with van der Waals surface area (Å²) in [5.41, 5.74) is 8.03. The van der Waals surface area contributed by atoms with E-state index in [1.165, 1.54) is 5.57 Å². The normalized spacial score (nSPS) is 22.7. The van der Waals surface area contributed by atoms with Crippen molar-refractivity contribution in [2.75, 3.05) is 18.9 Å². The second-order valence-electron chi connectivity index (χ2n) is 4.51. The number of nitrogen functional groups attached to an aromatic ring is 1. The highest BCUT2D eigenvalue weighted by Crippen LogP contribution is 2.37. The first kappa shape index (κ1) is 10.7. The van der Waals surface area contributed by atoms with E-state index in [-0.39, 0.29) is 5.79 Å². The third-order valence-electron chi connectivity index (χ3n) is 3.41. The first-order valence-electron chi connectivity index (χ1n) is 5.96. The molecular weight excluding hydrogens is 216 g/mol. The van der Waals surface area contributed by atoms with Gasteiger partial charge in [-0.1, -0.05) is 6.08 Å². The van der Waals surface area contributed by atoms with Crippen LogP contribution in [0.25, 0.3) is 5.57 Å². The number of pyridine rings is 1. The fourth-order valence-corrected chi connectivity index (χ4v) is 2.42. The minimum absolute atomic E-state index is 0.343. The molecule has 2 heterocycles. The van der Waals surface area contributed by atoms with E-state index in [4.69, 9.17) is 15.2 Å². The Morgan fingerprint density at radius 1 is 1.24 bits per heavy atom. The molecule has 1 aromatic rings. The molecule has 1 fully saturated rings. The fraction of sp³-hybridized carbons (Fsp3) is 0.462. The molecule has 1 spiro atoms. The van der Waals surface area contributed by atoms with Gasteiger partial charge in [0.2, 0.25) is 0 Å². The van der Waals surface area contributed by atoms with Gasteiger partial charge in [0.1, 0.15) is 5.82 Å². The summed E-state index contributed by atoms with van der Waals surface area (Å²) in [6.07, 6.45) is 6.74. The maximum Gasteiger partial charge on any atom is 0.172 e. The molecule has 0 atom stereocenters. The number of allylic oxidation sites excluding steroid dienone is 1. The lowest BCUT2D eigenvalue weighted by molar-refractivity contribution is -0.159. The van der Waals surface area contributed by atoms with Gasteiger partial charge >= 0.3 is 0 Å². The van der Waals surface area contributed by atoms with Crippen LogP contribution in [-0.2, 0) is 9.47 Å². The molecule has 17 heavy (non-hydrogen) atoms. The van der Waals surface area contributed by atoms with Crippen molar-refractivity contribution in [3.05, 3.63) is 30.0 Å². The summed E-state index contributed by atoms with van der Waals surface area (Å²) < 4.78 is 11.4. The third-order valence-corrected chi connectivity index (χ3v) is 3.41. The fourth-order valence-electron chi connectivity index (χ4n) is 2.42. The van der Waals surface area contributed by atoms with E-state index in [0.29, 0.717) is 19.0 Å². The standard InChI is InChI=1S/C13H16N2O2/c14-12-2-1-11(9-15-12)10-3-5-13(6-4-10)16-7-8-17-13/h1-3,9H,4-8H2,(H2,14,15). The van der Waals surface area contributed by atoms with Crippen LogP contribution in [0.2, 0.25) is 0 Å². The molecular formula is C13H16N2O2. The summed E-state index contributed by atoms with van der Waals surface area (Å²) in [6.45, 7) is 1.43. The molecule has 1 aliphatic heterocycles. The van der Waals surface area contributed by atoms with Crippen molar-refractivity contribution in [3.63, 3.8) is 0 Å². The topological polar surface area (TPSA) is 57.4 Å². The van der Waals surface area contributed by atoms with Crippen LogP contribution < -0.4 is 5.73 Å². The summed E-state index contributed by atoms with van der Waals surface area (Å²) in [4.78, 5) is 4.12. The summed E-state index contributed by atoms with van der Waals surface area (Å²) in [6, 6.07) is 3.85. The minimum atomic E-state index is -0.343. The largest absolute Gasteiger partial charge is 0.384 e. The van der Waals surface area contributed by atoms with Crippen LogP contribution in [0.15, 0.2) is 24.4 Å². The highest BCUT2D eigenvalue weighted by Gasteiger charge is 2.37. The molecule has 2 N–H and O–H groups in total. The van der Waals surface area contributed by atoms with Crippen LogP contribution in [0, 0.1) is 0 Å². The van der Waals surface area contributed by atoms with E-state index in [0.717, 1.165) is 24.8 Å². The number of aromatic nitrogens is 1. The molecule has 3 rings (SSSR count). The Balaban J connectivity index is 1.78. The number of rotatable bonds is 1. The maximum atomic E-state index is 5.68. The van der Waals surface area contributed by atoms with Crippen LogP contribution in [0.4, 0.5) is 5.82 Å². The van der Waals surface area contributed by atoms with Crippen LogP contribution in [0.1, 0.15) is 24.8 Å². The zero-order valence-electron chi connectivity index (χ0n) is 9.69. The number of hydrogen-bond acceptors (Lipinski definition) is 4. The van der Waals surface area contributed by atoms with E-state index < -0.39 is 0 Å². The van der Waals surface area contributed by atoms with E-state index in [2.05, 4.69) is 11.1 Å². The number of nitrogens with zero attached hydrogens (tertiary/aromatic N) is 1. The van der Waals surface area contributed by atoms with Crippen LogP contribution >= 0.6 is 0 Å². The zero-order valence-corrected chi connectivity index (χ0v) is 9.69. The predicted octanol–water partition coefficient (Wildman–Crippen LogP) is 1.97. The highest BCUT2D eigenvalue weighted by atomic mass is 16.7. The Hall–Kier alpha value is -1.39. The average Bonchev–Trinajstić information content (AvgIpc) is 2.80. The lowest BCUT2D eigenvalue weighted by Crippen LogP contribution is -2.31. The minimum Gasteiger partial charge on any atom is -0.384 e. The van der Waals surface area contributed by atoms with Gasteiger partial charge in [-0.3, -0.25) is 0 Å². The van der Waals surface area contributed by atoms with E-state index in [1.54, 1.807) is 0 Å². The molecule has 1 aliphatic carbocycles. The van der Waals surface area contributed by atoms with E-state index in [9.17, 15) is 0 Å². The molecule has 4 nitrogen and oxygen atoms in total. The molecule has 0 unspecified atom stereocenters. The molecule has 90 valence electrons. The Morgan fingerprint density at radius 3 is 2.65 bits per heavy atom. The average molecular weight is 232 g/mol. The summed E-state index contributed by atoms with van der Waals surface area (Å²) in [5, 5.41) is 0. The smallest absolute Gasteiger partial charge is 0.172 e. The van der Waals surface area contributed by atoms with Crippen molar-refractivity contribution in [1.82, 2.24) is 4.98 Å². The van der Waals surface area contributed by atoms with Gasteiger partial charge in [0.25, 0.3) is 0 Å². The van der Waals surface area contributed by atoms with Crippen molar-refractivity contribution < 1.29 is 9.47 Å². The van der Waals surface area contributed by atoms with Gasteiger partial charge in [-0.2, -0.15) is 0 Å². The highest BCUT2D eigenvalue weighted by molar-refractivity contribution is 5.66. The molecule has 1 saturated heterocycles. The first-order chi connectivity index (χ1) is 8.27. The van der Waals surface area contributed by atoms with Gasteiger partial charge in [0.05, 0.1) is 13.2 Å². The summed E-state index contributed by atoms with van der Waals surface area (Å²) >= 11 is 0. The Morgan fingerprint density at radius 2 is 2.06 bits per heavy atom. The molecule has 1 aromatic heterocycles. The van der Waals surface area contributed by atoms with Gasteiger partial charge in [-0.15, -0.1) is 0 Å². The molecule has 0 saturated carbocycles. The monoisotopic (exact) mass is 232 g/mol. The molecule has 0 aromatic carbocycles. The van der Waals surface area contributed by atoms with Gasteiger partial charge in [0, 0.05) is 19.0 Å². The van der Waals surface area contributed by atoms with Gasteiger partial charge < -0.3 is 15.2 Å². The van der Waals surface area contributed by atoms with E-state index in [1.807, 2.05) is 18.3 Å². The third kappa shape index (κ3) is 2.06. The second kappa shape index (κ2) is 4.13. The quantitative estimate of drug-likeness (QED) is 0.804. The van der Waals surface area contributed by atoms with Crippen LogP contribution in [0.5, 0.6) is 0 Å². The molecule has 2 aliphatic rings. The molecule has 4 heteroatoms. The van der Waals surface area contributed by atoms with Gasteiger partial charge in [0.15, 0.2) is 5.79 Å². The van der Waals surface area contributed by atoms with Crippen molar-refractivity contribution >= 4 is 11.4 Å². The Bertz CT molecular complexity index is 433. The number of nitrogens with two attached hydrogens (primary N) is 1. The van der Waals surface area contributed by atoms with Crippen molar-refractivity contribution in [2.24, 2.45) is 0 Å². The molecule has 0 bridgehead atoms. The number of hydrogen-bond donors (Lipinski definition) is 1. The zero-order chi connectivity index (χ0) is 11.7. The van der Waals surface area contributed by atoms with Crippen molar-refractivity contribution in [3.8, 4) is 0 Å². The summed E-state index contributed by atoms with van der Waals surface area (Å²) in [5.74, 6) is 0.217. The Labute approximate surface area is 100 Å². The molecule has 0 radical (unpaired) electrons. The van der Waals surface area contributed by atoms with Crippen LogP contribution in [-0.4, -0.2) is 24.0 Å². The van der Waals surface area contributed by atoms with Crippen molar-refractivity contribution in [1.29, 1.82) is 0 Å². The lowest BCUT2D eigenvalue weighted by Gasteiger charge is -2.30. The first-order valence-corrected chi connectivity index (χ1v) is 5.96. The van der Waals surface area contributed by atoms with Crippen molar-refractivity contribution in [2.45, 2.75) is 25.0 Å². The number of anilines is 1. The maximum absolute atomic E-state index is 5.68. The summed E-state index contributed by atoms with van der Waals surface area (Å²) in [7, 11) is 0. The lowest BCUT2D eigenvalue weighted by atomic mass is 9.90. The van der Waals surface area contributed by atoms with E-state index >= 15 is 0 Å².